The minimum Gasteiger partial charge on any atom is -0.392 e. The van der Waals surface area contributed by atoms with E-state index in [1.807, 2.05) is 0 Å². The quantitative estimate of drug-likeness (QED) is 0.273. The monoisotopic (exact) mass is 590 g/mol. The molecule has 0 saturated carbocycles. The van der Waals surface area contributed by atoms with Gasteiger partial charge in [0.1, 0.15) is 23.5 Å². The number of ether oxygens (including phenoxy) is 1. The first-order chi connectivity index (χ1) is 19.4. The molecule has 2 aliphatic heterocycles. The highest BCUT2D eigenvalue weighted by Crippen LogP contribution is 2.28. The summed E-state index contributed by atoms with van der Waals surface area (Å²) in [6, 6.07) is 11.0. The van der Waals surface area contributed by atoms with Crippen molar-refractivity contribution in [1.82, 2.24) is 14.4 Å². The summed E-state index contributed by atoms with van der Waals surface area (Å²) in [6.07, 6.45) is 2.84. The number of benzene rings is 2. The molecule has 7 nitrogen and oxygen atoms in total. The van der Waals surface area contributed by atoms with Crippen LogP contribution in [0.5, 0.6) is 0 Å². The molecule has 0 spiro atoms. The number of morpholine rings is 1. The Labute approximate surface area is 241 Å². The molecule has 3 aromatic rings. The minimum absolute atomic E-state index is 0.0415. The van der Waals surface area contributed by atoms with Crippen LogP contribution in [0.1, 0.15) is 24.0 Å². The molecule has 0 unspecified atom stereocenters. The zero-order valence-electron chi connectivity index (χ0n) is 21.9. The Morgan fingerprint density at radius 2 is 1.62 bits per heavy atom. The van der Waals surface area contributed by atoms with Gasteiger partial charge in [-0.2, -0.15) is 0 Å². The normalized spacial score (nSPS) is 17.8. The van der Waals surface area contributed by atoms with Gasteiger partial charge in [0.25, 0.3) is 5.56 Å². The molecule has 0 bridgehead atoms. The first-order valence-corrected chi connectivity index (χ1v) is 14.0. The number of halogens is 4. The second kappa shape index (κ2) is 13.2. The molecule has 0 atom stereocenters. The molecule has 0 N–H and O–H groups in total. The van der Waals surface area contributed by atoms with Gasteiger partial charge < -0.3 is 14.5 Å². The van der Waals surface area contributed by atoms with Gasteiger partial charge in [-0.25, -0.2) is 8.78 Å². The average molecular weight is 591 g/mol. The Morgan fingerprint density at radius 3 is 2.30 bits per heavy atom. The maximum Gasteiger partial charge on any atom is 0.255 e. The molecule has 0 aliphatic carbocycles. The number of nitrogens with zero attached hydrogens (tertiary/aromatic N) is 4. The van der Waals surface area contributed by atoms with Gasteiger partial charge in [-0.05, 0) is 43.2 Å². The van der Waals surface area contributed by atoms with Crippen LogP contribution in [0, 0.1) is 11.6 Å². The van der Waals surface area contributed by atoms with E-state index >= 15 is 0 Å². The summed E-state index contributed by atoms with van der Waals surface area (Å²) in [7, 11) is 0. The Bertz CT molecular complexity index is 1400. The third-order valence-electron chi connectivity index (χ3n) is 7.21. The first-order valence-electron chi connectivity index (χ1n) is 13.3. The molecular formula is C29H30Cl2F2N4O3. The summed E-state index contributed by atoms with van der Waals surface area (Å²) in [4.78, 5) is 23.5. The number of rotatable bonds is 8. The minimum atomic E-state index is -0.797. The highest BCUT2D eigenvalue weighted by molar-refractivity contribution is 6.37. The van der Waals surface area contributed by atoms with Gasteiger partial charge in [0.15, 0.2) is 0 Å². The van der Waals surface area contributed by atoms with Crippen molar-refractivity contribution < 1.29 is 18.4 Å². The average Bonchev–Trinajstić information content (AvgIpc) is 2.95. The zero-order valence-corrected chi connectivity index (χ0v) is 23.4. The number of likely N-dealkylation sites (tertiary alicyclic amines) is 1. The number of pyridine rings is 1. The van der Waals surface area contributed by atoms with Crippen LogP contribution in [-0.2, 0) is 9.57 Å². The Morgan fingerprint density at radius 1 is 0.950 bits per heavy atom. The number of aromatic nitrogens is 1. The molecule has 2 saturated heterocycles. The fourth-order valence-electron chi connectivity index (χ4n) is 4.93. The first kappa shape index (κ1) is 28.7. The summed E-state index contributed by atoms with van der Waals surface area (Å²) < 4.78 is 35.4. The van der Waals surface area contributed by atoms with Crippen molar-refractivity contribution in [3.05, 3.63) is 97.9 Å². The highest BCUT2D eigenvalue weighted by Gasteiger charge is 2.23. The van der Waals surface area contributed by atoms with Gasteiger partial charge in [0.05, 0.1) is 28.9 Å². The fourth-order valence-corrected chi connectivity index (χ4v) is 5.51. The predicted octanol–water partition coefficient (Wildman–Crippen LogP) is 4.99. The van der Waals surface area contributed by atoms with Crippen LogP contribution in [-0.4, -0.2) is 78.7 Å². The van der Waals surface area contributed by atoms with Gasteiger partial charge >= 0.3 is 0 Å². The van der Waals surface area contributed by atoms with E-state index in [1.54, 1.807) is 18.2 Å². The Kier molecular flexibility index (Phi) is 9.49. The van der Waals surface area contributed by atoms with E-state index in [2.05, 4.69) is 15.0 Å². The predicted molar refractivity (Wildman–Crippen MR) is 152 cm³/mol. The van der Waals surface area contributed by atoms with Crippen LogP contribution in [0.3, 0.4) is 0 Å². The molecule has 2 fully saturated rings. The summed E-state index contributed by atoms with van der Waals surface area (Å²) in [5, 5.41) is 4.91. The lowest BCUT2D eigenvalue weighted by atomic mass is 10.0. The fraction of sp³-hybridized carbons (Fsp3) is 0.379. The number of para-hydroxylation sites is 1. The van der Waals surface area contributed by atoms with Crippen LogP contribution >= 0.6 is 23.2 Å². The highest BCUT2D eigenvalue weighted by atomic mass is 35.5. The van der Waals surface area contributed by atoms with Gasteiger partial charge in [0.2, 0.25) is 0 Å². The lowest BCUT2D eigenvalue weighted by Crippen LogP contribution is -2.44. The van der Waals surface area contributed by atoms with E-state index in [0.29, 0.717) is 11.3 Å². The SMILES string of the molecule is O=c1ccc(C(=NOC2CCN(CCN3CCOCC3)CC2)c2ccc(F)cc2F)cn1-c1c(Cl)cccc1Cl. The molecule has 0 radical (unpaired) electrons. The van der Waals surface area contributed by atoms with E-state index in [1.165, 1.54) is 29.0 Å². The third kappa shape index (κ3) is 6.90. The van der Waals surface area contributed by atoms with Crippen LogP contribution in [0.25, 0.3) is 5.69 Å². The molecule has 0 amide bonds. The van der Waals surface area contributed by atoms with E-state index < -0.39 is 11.6 Å². The maximum absolute atomic E-state index is 15.0. The van der Waals surface area contributed by atoms with Crippen LogP contribution in [0.2, 0.25) is 10.0 Å². The molecule has 212 valence electrons. The molecule has 3 heterocycles. The van der Waals surface area contributed by atoms with Crippen molar-refractivity contribution in [2.24, 2.45) is 5.16 Å². The van der Waals surface area contributed by atoms with E-state index in [9.17, 15) is 13.6 Å². The van der Waals surface area contributed by atoms with Crippen molar-refractivity contribution in [1.29, 1.82) is 0 Å². The number of hydrogen-bond acceptors (Lipinski definition) is 6. The molecular weight excluding hydrogens is 561 g/mol. The molecule has 2 aromatic carbocycles. The summed E-state index contributed by atoms with van der Waals surface area (Å²) in [5.41, 5.74) is 0.457. The standard InChI is InChI=1S/C29H30Cl2F2N4O3/c30-24-2-1-3-25(31)29(24)37-19-20(4-7-27(37)38)28(23-6-5-21(32)18-26(23)33)34-40-22-8-10-35(11-9-22)12-13-36-14-16-39-17-15-36/h1-7,18-19,22H,8-17H2. The van der Waals surface area contributed by atoms with Crippen LogP contribution in [0.15, 0.2) is 64.7 Å². The maximum atomic E-state index is 15.0. The van der Waals surface area contributed by atoms with Crippen molar-refractivity contribution in [3.8, 4) is 5.69 Å². The van der Waals surface area contributed by atoms with Gasteiger partial charge in [-0.3, -0.25) is 14.3 Å². The Balaban J connectivity index is 1.36. The lowest BCUT2D eigenvalue weighted by molar-refractivity contribution is 0.00307. The smallest absolute Gasteiger partial charge is 0.255 e. The third-order valence-corrected chi connectivity index (χ3v) is 7.82. The molecule has 5 rings (SSSR count). The van der Waals surface area contributed by atoms with E-state index in [0.717, 1.165) is 77.5 Å². The van der Waals surface area contributed by atoms with Gasteiger partial charge in [-0.1, -0.05) is 34.4 Å². The van der Waals surface area contributed by atoms with E-state index in [-0.39, 0.29) is 33.0 Å². The molecule has 40 heavy (non-hydrogen) atoms. The number of hydrogen-bond donors (Lipinski definition) is 0. The molecule has 11 heteroatoms. The second-order valence-electron chi connectivity index (χ2n) is 9.86. The van der Waals surface area contributed by atoms with Crippen molar-refractivity contribution >= 4 is 28.9 Å². The summed E-state index contributed by atoms with van der Waals surface area (Å²) >= 11 is 12.7. The van der Waals surface area contributed by atoms with Crippen molar-refractivity contribution in [3.63, 3.8) is 0 Å². The summed E-state index contributed by atoms with van der Waals surface area (Å²) in [5.74, 6) is -1.51. The van der Waals surface area contributed by atoms with Crippen molar-refractivity contribution in [2.45, 2.75) is 18.9 Å². The van der Waals surface area contributed by atoms with Gasteiger partial charge in [-0.15, -0.1) is 0 Å². The molecule has 2 aliphatic rings. The number of piperidine rings is 1. The largest absolute Gasteiger partial charge is 0.392 e. The zero-order chi connectivity index (χ0) is 28.1. The number of oxime groups is 1. The van der Waals surface area contributed by atoms with Crippen LogP contribution in [0.4, 0.5) is 8.78 Å². The summed E-state index contributed by atoms with van der Waals surface area (Å²) in [6.45, 7) is 7.21. The lowest BCUT2D eigenvalue weighted by Gasteiger charge is -2.33. The Hall–Kier alpha value is -2.82. The van der Waals surface area contributed by atoms with Gasteiger partial charge in [0, 0.05) is 68.7 Å². The van der Waals surface area contributed by atoms with Crippen LogP contribution < -0.4 is 5.56 Å². The topological polar surface area (TPSA) is 59.3 Å². The molecule has 1 aromatic heterocycles. The second-order valence-corrected chi connectivity index (χ2v) is 10.7. The van der Waals surface area contributed by atoms with E-state index in [4.69, 9.17) is 32.8 Å². The van der Waals surface area contributed by atoms with Crippen molar-refractivity contribution in [2.75, 3.05) is 52.5 Å².